The fraction of sp³-hybridized carbons (Fsp3) is 0.483. The fourth-order valence-electron chi connectivity index (χ4n) is 5.18. The van der Waals surface area contributed by atoms with E-state index in [0.29, 0.717) is 12.1 Å². The topological polar surface area (TPSA) is 54.3 Å². The van der Waals surface area contributed by atoms with Crippen molar-refractivity contribution < 1.29 is 4.39 Å². The molecule has 0 aromatic heterocycles. The molecule has 2 saturated heterocycles. The highest BCUT2D eigenvalue weighted by atomic mass is 19.1. The van der Waals surface area contributed by atoms with E-state index in [2.05, 4.69) is 64.6 Å². The van der Waals surface area contributed by atoms with Crippen molar-refractivity contribution in [3.8, 4) is 6.07 Å². The molecule has 2 aromatic rings. The maximum Gasteiger partial charge on any atom is 0.141 e. The molecule has 0 amide bonds. The lowest BCUT2D eigenvalue weighted by molar-refractivity contribution is 0.199. The van der Waals surface area contributed by atoms with Crippen molar-refractivity contribution in [1.29, 1.82) is 5.26 Å². The first-order valence-corrected chi connectivity index (χ1v) is 13.0. The van der Waals surface area contributed by atoms with Gasteiger partial charge in [0.1, 0.15) is 11.9 Å². The van der Waals surface area contributed by atoms with Gasteiger partial charge in [-0.15, -0.1) is 0 Å². The van der Waals surface area contributed by atoms with Crippen LogP contribution in [-0.2, 0) is 13.0 Å². The van der Waals surface area contributed by atoms with Crippen LogP contribution in [0.15, 0.2) is 54.2 Å². The number of piperazine rings is 1. The predicted octanol–water partition coefficient (Wildman–Crippen LogP) is 4.90. The summed E-state index contributed by atoms with van der Waals surface area (Å²) in [5, 5.41) is 16.1. The zero-order valence-electron chi connectivity index (χ0n) is 21.1. The van der Waals surface area contributed by atoms with Crippen molar-refractivity contribution in [1.82, 2.24) is 15.1 Å². The molecule has 6 heteroatoms. The molecular formula is C29H38FN5. The van der Waals surface area contributed by atoms with Crippen LogP contribution in [0.5, 0.6) is 0 Å². The summed E-state index contributed by atoms with van der Waals surface area (Å²) in [7, 11) is 0. The molecule has 35 heavy (non-hydrogen) atoms. The number of nitrogens with one attached hydrogen (secondary N) is 2. The number of piperidine rings is 1. The standard InChI is InChI=1S/C29H38FN5/c1-3-4-28(17-23-5-7-24(8-6-23)21-34-16-13-32-22(2)20-34)35-14-11-26(12-15-35)33-27-9-10-29(30)25(18-27)19-31/h4-10,18,22,26,32-33H,3,11-17,20-21H2,1-2H3/b28-4-. The molecule has 2 heterocycles. The number of halogens is 1. The van der Waals surface area contributed by atoms with Crippen LogP contribution >= 0.6 is 0 Å². The van der Waals surface area contributed by atoms with Gasteiger partial charge in [0.25, 0.3) is 0 Å². The minimum absolute atomic E-state index is 0.0918. The Morgan fingerprint density at radius 1 is 1.14 bits per heavy atom. The third-order valence-electron chi connectivity index (χ3n) is 7.07. The van der Waals surface area contributed by atoms with Gasteiger partial charge in [0, 0.05) is 69.2 Å². The second-order valence-electron chi connectivity index (χ2n) is 9.90. The van der Waals surface area contributed by atoms with E-state index in [1.54, 1.807) is 12.1 Å². The predicted molar refractivity (Wildman–Crippen MR) is 141 cm³/mol. The smallest absolute Gasteiger partial charge is 0.141 e. The van der Waals surface area contributed by atoms with E-state index in [9.17, 15) is 4.39 Å². The molecule has 0 spiro atoms. The highest BCUT2D eigenvalue weighted by Gasteiger charge is 2.21. The summed E-state index contributed by atoms with van der Waals surface area (Å²) in [4.78, 5) is 5.05. The summed E-state index contributed by atoms with van der Waals surface area (Å²) in [5.74, 6) is -0.464. The molecule has 0 saturated carbocycles. The molecule has 1 unspecified atom stereocenters. The van der Waals surface area contributed by atoms with Gasteiger partial charge in [-0.05, 0) is 55.5 Å². The largest absolute Gasteiger partial charge is 0.382 e. The lowest BCUT2D eigenvalue weighted by atomic mass is 10.0. The first-order valence-electron chi connectivity index (χ1n) is 13.0. The van der Waals surface area contributed by atoms with Gasteiger partial charge in [-0.25, -0.2) is 4.39 Å². The normalized spacial score (nSPS) is 20.0. The Hall–Kier alpha value is -2.88. The third-order valence-corrected chi connectivity index (χ3v) is 7.07. The number of benzene rings is 2. The van der Waals surface area contributed by atoms with Gasteiger partial charge in [0.2, 0.25) is 0 Å². The van der Waals surface area contributed by atoms with E-state index in [0.717, 1.165) is 70.6 Å². The number of allylic oxidation sites excluding steroid dienone is 2. The summed E-state index contributed by atoms with van der Waals surface area (Å²) in [5.41, 5.74) is 5.06. The van der Waals surface area contributed by atoms with Crippen molar-refractivity contribution in [2.24, 2.45) is 0 Å². The molecule has 1 atom stereocenters. The Bertz CT molecular complexity index is 1030. The van der Waals surface area contributed by atoms with Gasteiger partial charge in [0.15, 0.2) is 0 Å². The van der Waals surface area contributed by atoms with Crippen LogP contribution in [-0.4, -0.2) is 54.6 Å². The molecule has 2 aliphatic heterocycles. The fourth-order valence-corrected chi connectivity index (χ4v) is 5.18. The molecule has 2 aromatic carbocycles. The molecule has 186 valence electrons. The molecule has 4 rings (SSSR count). The summed E-state index contributed by atoms with van der Waals surface area (Å²) in [6.07, 6.45) is 6.38. The molecule has 2 aliphatic rings. The molecule has 2 fully saturated rings. The van der Waals surface area contributed by atoms with Crippen LogP contribution in [0.25, 0.3) is 0 Å². The number of hydrogen-bond donors (Lipinski definition) is 2. The summed E-state index contributed by atoms with van der Waals surface area (Å²) in [6.45, 7) is 10.8. The lowest BCUT2D eigenvalue weighted by Crippen LogP contribution is -2.48. The zero-order chi connectivity index (χ0) is 24.6. The van der Waals surface area contributed by atoms with Crippen LogP contribution in [0.3, 0.4) is 0 Å². The van der Waals surface area contributed by atoms with Gasteiger partial charge in [-0.1, -0.05) is 37.3 Å². The Morgan fingerprint density at radius 3 is 2.57 bits per heavy atom. The van der Waals surface area contributed by atoms with E-state index < -0.39 is 5.82 Å². The van der Waals surface area contributed by atoms with Crippen molar-refractivity contribution in [3.63, 3.8) is 0 Å². The molecule has 0 bridgehead atoms. The second kappa shape index (κ2) is 12.2. The van der Waals surface area contributed by atoms with Crippen molar-refractivity contribution >= 4 is 5.69 Å². The number of hydrogen-bond acceptors (Lipinski definition) is 5. The van der Waals surface area contributed by atoms with Crippen molar-refractivity contribution in [2.45, 2.75) is 58.2 Å². The van der Waals surface area contributed by atoms with Crippen LogP contribution in [0.1, 0.15) is 49.8 Å². The summed E-state index contributed by atoms with van der Waals surface area (Å²) in [6, 6.07) is 16.7. The first kappa shape index (κ1) is 25.2. The van der Waals surface area contributed by atoms with E-state index in [-0.39, 0.29) is 5.56 Å². The van der Waals surface area contributed by atoms with Crippen LogP contribution in [0.4, 0.5) is 10.1 Å². The van der Waals surface area contributed by atoms with Crippen molar-refractivity contribution in [2.75, 3.05) is 38.0 Å². The molecule has 2 N–H and O–H groups in total. The van der Waals surface area contributed by atoms with E-state index in [1.807, 2.05) is 6.07 Å². The second-order valence-corrected chi connectivity index (χ2v) is 9.90. The molecule has 0 radical (unpaired) electrons. The quantitative estimate of drug-likeness (QED) is 0.569. The third kappa shape index (κ3) is 7.06. The van der Waals surface area contributed by atoms with Crippen LogP contribution in [0, 0.1) is 17.1 Å². The molecule has 0 aliphatic carbocycles. The maximum atomic E-state index is 13.6. The van der Waals surface area contributed by atoms with Gasteiger partial charge >= 0.3 is 0 Å². The number of rotatable bonds is 8. The minimum Gasteiger partial charge on any atom is -0.382 e. The highest BCUT2D eigenvalue weighted by Crippen LogP contribution is 2.23. The monoisotopic (exact) mass is 475 g/mol. The molecule has 5 nitrogen and oxygen atoms in total. The number of nitriles is 1. The van der Waals surface area contributed by atoms with E-state index in [4.69, 9.17) is 5.26 Å². The zero-order valence-corrected chi connectivity index (χ0v) is 21.1. The summed E-state index contributed by atoms with van der Waals surface area (Å²) < 4.78 is 13.6. The number of anilines is 1. The van der Waals surface area contributed by atoms with Crippen LogP contribution in [0.2, 0.25) is 0 Å². The average molecular weight is 476 g/mol. The van der Waals surface area contributed by atoms with Gasteiger partial charge < -0.3 is 15.5 Å². The first-order chi connectivity index (χ1) is 17.0. The van der Waals surface area contributed by atoms with E-state index >= 15 is 0 Å². The summed E-state index contributed by atoms with van der Waals surface area (Å²) >= 11 is 0. The minimum atomic E-state index is -0.464. The van der Waals surface area contributed by atoms with Gasteiger partial charge in [0.05, 0.1) is 5.56 Å². The van der Waals surface area contributed by atoms with Crippen molar-refractivity contribution in [3.05, 3.63) is 76.7 Å². The number of likely N-dealkylation sites (tertiary alicyclic amines) is 1. The number of nitrogens with zero attached hydrogens (tertiary/aromatic N) is 3. The Balaban J connectivity index is 1.30. The Morgan fingerprint density at radius 2 is 1.89 bits per heavy atom. The Labute approximate surface area is 209 Å². The van der Waals surface area contributed by atoms with Crippen LogP contribution < -0.4 is 10.6 Å². The average Bonchev–Trinajstić information content (AvgIpc) is 2.86. The lowest BCUT2D eigenvalue weighted by Gasteiger charge is -2.36. The highest BCUT2D eigenvalue weighted by molar-refractivity contribution is 5.50. The van der Waals surface area contributed by atoms with Gasteiger partial charge in [-0.2, -0.15) is 5.26 Å². The van der Waals surface area contributed by atoms with Gasteiger partial charge in [-0.3, -0.25) is 4.90 Å². The van der Waals surface area contributed by atoms with E-state index in [1.165, 1.54) is 22.9 Å². The maximum absolute atomic E-state index is 13.6. The Kier molecular flexibility index (Phi) is 8.79. The SMILES string of the molecule is CC/C=C(/Cc1ccc(CN2CCNC(C)C2)cc1)N1CCC(Nc2ccc(F)c(C#N)c2)CC1. The molecular weight excluding hydrogens is 437 g/mol.